The summed E-state index contributed by atoms with van der Waals surface area (Å²) in [5.74, 6) is 0.916. The number of rotatable bonds is 10. The lowest BCUT2D eigenvalue weighted by Gasteiger charge is -2.40. The van der Waals surface area contributed by atoms with Crippen molar-refractivity contribution in [3.63, 3.8) is 0 Å². The van der Waals surface area contributed by atoms with Crippen molar-refractivity contribution in [1.82, 2.24) is 30.2 Å². The molecule has 0 saturated carbocycles. The van der Waals surface area contributed by atoms with Crippen molar-refractivity contribution in [3.8, 4) is 0 Å². The van der Waals surface area contributed by atoms with Crippen molar-refractivity contribution in [2.45, 2.75) is 46.2 Å². The van der Waals surface area contributed by atoms with Gasteiger partial charge in [-0.1, -0.05) is 30.3 Å². The number of nitrogens with zero attached hydrogens (tertiary/aromatic N) is 5. The van der Waals surface area contributed by atoms with Crippen LogP contribution in [0, 0.1) is 13.8 Å². The van der Waals surface area contributed by atoms with Crippen LogP contribution in [0.1, 0.15) is 42.8 Å². The van der Waals surface area contributed by atoms with Crippen LogP contribution in [0.2, 0.25) is 0 Å². The molecule has 0 amide bonds. The van der Waals surface area contributed by atoms with Crippen LogP contribution in [0.5, 0.6) is 0 Å². The summed E-state index contributed by atoms with van der Waals surface area (Å²) in [4.78, 5) is 9.83. The van der Waals surface area contributed by atoms with Crippen LogP contribution in [0.15, 0.2) is 41.4 Å². The third kappa shape index (κ3) is 8.90. The zero-order valence-corrected chi connectivity index (χ0v) is 23.1. The lowest BCUT2D eigenvalue weighted by Crippen LogP contribution is -2.47. The van der Waals surface area contributed by atoms with E-state index in [9.17, 15) is 0 Å². The van der Waals surface area contributed by atoms with Gasteiger partial charge < -0.3 is 15.5 Å². The average molecular weight is 568 g/mol. The zero-order valence-electron chi connectivity index (χ0n) is 20.8. The van der Waals surface area contributed by atoms with Crippen LogP contribution in [-0.4, -0.2) is 78.4 Å². The van der Waals surface area contributed by atoms with Gasteiger partial charge in [-0.25, -0.2) is 0 Å². The molecule has 1 unspecified atom stereocenters. The highest BCUT2D eigenvalue weighted by atomic mass is 127. The number of hydrogen-bond donors (Lipinski definition) is 2. The van der Waals surface area contributed by atoms with Crippen molar-refractivity contribution >= 4 is 29.9 Å². The van der Waals surface area contributed by atoms with Gasteiger partial charge >= 0.3 is 0 Å². The molecule has 3 rings (SSSR count). The SMILES string of the molecule is CCNC(=NCCCn1nc(C)cc1C)NCCCN1CCN(C)CC1c1ccccc1.I. The molecule has 7 nitrogen and oxygen atoms in total. The third-order valence-electron chi connectivity index (χ3n) is 6.04. The van der Waals surface area contributed by atoms with Gasteiger partial charge in [-0.05, 0) is 52.3 Å². The molecule has 1 aliphatic heterocycles. The number of nitrogens with one attached hydrogen (secondary N) is 2. The molecule has 2 aromatic rings. The summed E-state index contributed by atoms with van der Waals surface area (Å²) in [6.45, 7) is 14.2. The Hall–Kier alpha value is -1.65. The van der Waals surface area contributed by atoms with Gasteiger partial charge in [0.1, 0.15) is 0 Å². The van der Waals surface area contributed by atoms with Crippen LogP contribution in [0.3, 0.4) is 0 Å². The summed E-state index contributed by atoms with van der Waals surface area (Å²) in [7, 11) is 2.23. The summed E-state index contributed by atoms with van der Waals surface area (Å²) < 4.78 is 2.07. The third-order valence-corrected chi connectivity index (χ3v) is 6.04. The summed E-state index contributed by atoms with van der Waals surface area (Å²) in [5.41, 5.74) is 3.72. The summed E-state index contributed by atoms with van der Waals surface area (Å²) in [6, 6.07) is 13.5. The van der Waals surface area contributed by atoms with Crippen LogP contribution in [-0.2, 0) is 6.54 Å². The van der Waals surface area contributed by atoms with E-state index in [1.807, 2.05) is 6.92 Å². The fourth-order valence-electron chi connectivity index (χ4n) is 4.36. The number of guanidine groups is 1. The molecule has 1 aromatic carbocycles. The van der Waals surface area contributed by atoms with Gasteiger partial charge in [0.2, 0.25) is 0 Å². The van der Waals surface area contributed by atoms with E-state index in [-0.39, 0.29) is 24.0 Å². The first-order valence-corrected chi connectivity index (χ1v) is 12.1. The van der Waals surface area contributed by atoms with Crippen LogP contribution in [0.4, 0.5) is 0 Å². The predicted octanol–water partition coefficient (Wildman–Crippen LogP) is 3.44. The zero-order chi connectivity index (χ0) is 22.8. The molecule has 0 bridgehead atoms. The second-order valence-electron chi connectivity index (χ2n) is 8.77. The first-order valence-electron chi connectivity index (χ1n) is 12.1. The maximum Gasteiger partial charge on any atom is 0.191 e. The predicted molar refractivity (Wildman–Crippen MR) is 149 cm³/mol. The average Bonchev–Trinajstić information content (AvgIpc) is 3.12. The lowest BCUT2D eigenvalue weighted by molar-refractivity contribution is 0.0891. The van der Waals surface area contributed by atoms with Gasteiger partial charge in [-0.2, -0.15) is 5.10 Å². The Balaban J connectivity index is 0.00000385. The largest absolute Gasteiger partial charge is 0.357 e. The van der Waals surface area contributed by atoms with Crippen molar-refractivity contribution in [2.24, 2.45) is 4.99 Å². The van der Waals surface area contributed by atoms with Crippen LogP contribution < -0.4 is 10.6 Å². The second kappa shape index (κ2) is 14.6. The van der Waals surface area contributed by atoms with Crippen molar-refractivity contribution in [2.75, 3.05) is 52.9 Å². The summed E-state index contributed by atoms with van der Waals surface area (Å²) in [5, 5.41) is 11.4. The molecule has 1 aromatic heterocycles. The van der Waals surface area contributed by atoms with Gasteiger partial charge in [-0.15, -0.1) is 24.0 Å². The minimum atomic E-state index is 0. The number of aryl methyl sites for hydroxylation is 3. The number of aliphatic imine (C=N–C) groups is 1. The quantitative estimate of drug-likeness (QED) is 0.200. The normalized spacial score (nSPS) is 17.6. The number of piperazine rings is 1. The van der Waals surface area contributed by atoms with E-state index in [1.165, 1.54) is 11.3 Å². The van der Waals surface area contributed by atoms with E-state index >= 15 is 0 Å². The van der Waals surface area contributed by atoms with E-state index in [1.54, 1.807) is 0 Å². The second-order valence-corrected chi connectivity index (χ2v) is 8.77. The molecule has 8 heteroatoms. The van der Waals surface area contributed by atoms with E-state index < -0.39 is 0 Å². The molecule has 1 aliphatic rings. The first-order chi connectivity index (χ1) is 15.6. The van der Waals surface area contributed by atoms with E-state index in [4.69, 9.17) is 4.99 Å². The molecule has 1 saturated heterocycles. The molecule has 0 radical (unpaired) electrons. The Morgan fingerprint density at radius 3 is 2.58 bits per heavy atom. The number of halogens is 1. The molecule has 33 heavy (non-hydrogen) atoms. The Bertz CT molecular complexity index is 837. The molecule has 0 spiro atoms. The Morgan fingerprint density at radius 1 is 1.09 bits per heavy atom. The highest BCUT2D eigenvalue weighted by molar-refractivity contribution is 14.0. The van der Waals surface area contributed by atoms with E-state index in [2.05, 4.69) is 87.5 Å². The fraction of sp³-hybridized carbons (Fsp3) is 0.600. The lowest BCUT2D eigenvalue weighted by atomic mass is 10.0. The maximum atomic E-state index is 4.75. The fourth-order valence-corrected chi connectivity index (χ4v) is 4.36. The molecule has 1 fully saturated rings. The number of benzene rings is 1. The highest BCUT2D eigenvalue weighted by Gasteiger charge is 2.25. The van der Waals surface area contributed by atoms with Crippen molar-refractivity contribution < 1.29 is 0 Å². The minimum Gasteiger partial charge on any atom is -0.357 e. The van der Waals surface area contributed by atoms with Gasteiger partial charge in [0.25, 0.3) is 0 Å². The highest BCUT2D eigenvalue weighted by Crippen LogP contribution is 2.24. The Kier molecular flexibility index (Phi) is 12.2. The molecule has 2 N–H and O–H groups in total. The molecular weight excluding hydrogens is 525 g/mol. The number of hydrogen-bond acceptors (Lipinski definition) is 4. The minimum absolute atomic E-state index is 0. The molecule has 2 heterocycles. The van der Waals surface area contributed by atoms with Crippen molar-refractivity contribution in [3.05, 3.63) is 53.3 Å². The van der Waals surface area contributed by atoms with Gasteiger partial charge in [0.15, 0.2) is 5.96 Å². The van der Waals surface area contributed by atoms with Gasteiger partial charge in [0, 0.05) is 64.1 Å². The van der Waals surface area contributed by atoms with Crippen LogP contribution >= 0.6 is 24.0 Å². The first kappa shape index (κ1) is 27.6. The molecular formula is C25H42IN7. The monoisotopic (exact) mass is 567 g/mol. The summed E-state index contributed by atoms with van der Waals surface area (Å²) >= 11 is 0. The molecule has 0 aliphatic carbocycles. The smallest absolute Gasteiger partial charge is 0.191 e. The maximum absolute atomic E-state index is 4.75. The standard InChI is InChI=1S/C25H41N7.HI/c1-5-26-25(28-14-10-16-32-22(3)19-21(2)29-32)27-13-9-15-31-18-17-30(4)20-24(31)23-11-7-6-8-12-23;/h6-8,11-12,19,24H,5,9-10,13-18,20H2,1-4H3,(H2,26,27,28);1H. The van der Waals surface area contributed by atoms with E-state index in [0.29, 0.717) is 6.04 Å². The molecule has 1 atom stereocenters. The van der Waals surface area contributed by atoms with Crippen molar-refractivity contribution in [1.29, 1.82) is 0 Å². The topological polar surface area (TPSA) is 60.7 Å². The number of aromatic nitrogens is 2. The van der Waals surface area contributed by atoms with Crippen LogP contribution in [0.25, 0.3) is 0 Å². The number of likely N-dealkylation sites (N-methyl/N-ethyl adjacent to an activating group) is 1. The Labute approximate surface area is 217 Å². The molecule has 184 valence electrons. The van der Waals surface area contributed by atoms with Gasteiger partial charge in [-0.3, -0.25) is 14.6 Å². The Morgan fingerprint density at radius 2 is 1.88 bits per heavy atom. The van der Waals surface area contributed by atoms with E-state index in [0.717, 1.165) is 76.9 Å². The summed E-state index contributed by atoms with van der Waals surface area (Å²) in [6.07, 6.45) is 2.09. The van der Waals surface area contributed by atoms with Gasteiger partial charge in [0.05, 0.1) is 5.69 Å².